The summed E-state index contributed by atoms with van der Waals surface area (Å²) in [6.45, 7) is 3.91. The normalized spacial score (nSPS) is 11.3. The zero-order chi connectivity index (χ0) is 25.7. The van der Waals surface area contributed by atoms with Gasteiger partial charge in [0, 0.05) is 0 Å². The summed E-state index contributed by atoms with van der Waals surface area (Å²) in [6.07, 6.45) is 0. The molecule has 0 radical (unpaired) electrons. The van der Waals surface area contributed by atoms with Crippen LogP contribution in [0.5, 0.6) is 11.5 Å². The first-order valence-corrected chi connectivity index (χ1v) is 11.0. The predicted molar refractivity (Wildman–Crippen MR) is 136 cm³/mol. The molecule has 0 aliphatic carbocycles. The van der Waals surface area contributed by atoms with Gasteiger partial charge in [0.2, 0.25) is 11.6 Å². The van der Waals surface area contributed by atoms with Gasteiger partial charge in [-0.15, -0.1) is 0 Å². The molecule has 0 saturated heterocycles. The summed E-state index contributed by atoms with van der Waals surface area (Å²) in [4.78, 5) is 25.9. The third-order valence-corrected chi connectivity index (χ3v) is 5.29. The van der Waals surface area contributed by atoms with Crippen LogP contribution in [0.1, 0.15) is 31.8 Å². The zero-order valence-electron chi connectivity index (χ0n) is 19.6. The molecule has 4 aromatic rings. The number of hydrogen-bond donors (Lipinski definition) is 2. The summed E-state index contributed by atoms with van der Waals surface area (Å²) in [5.74, 6) is -2.81. The van der Waals surface area contributed by atoms with E-state index in [9.17, 15) is 19.8 Å². The largest absolute Gasteiger partial charge is 0.507 e. The fourth-order valence-electron chi connectivity index (χ4n) is 3.23. The van der Waals surface area contributed by atoms with Crippen LogP contribution in [0.15, 0.2) is 105 Å². The van der Waals surface area contributed by atoms with Crippen molar-refractivity contribution in [2.45, 2.75) is 13.8 Å². The molecule has 0 aliphatic heterocycles. The SMILES string of the molecule is Cc1ccc(N=Nc2ccc(O)c(C(=O)C(=O)c3cc(N=Nc4ccc(C)cc4)ccc3O)c2)cc1. The second-order valence-corrected chi connectivity index (χ2v) is 8.13. The van der Waals surface area contributed by atoms with E-state index in [-0.39, 0.29) is 22.5 Å². The molecule has 0 unspecified atom stereocenters. The highest BCUT2D eigenvalue weighted by Gasteiger charge is 2.24. The molecule has 0 bridgehead atoms. The maximum atomic E-state index is 13.0. The van der Waals surface area contributed by atoms with E-state index < -0.39 is 23.1 Å². The van der Waals surface area contributed by atoms with E-state index in [1.807, 2.05) is 38.1 Å². The Hall–Kier alpha value is -4.98. The summed E-state index contributed by atoms with van der Waals surface area (Å²) in [5, 5.41) is 36.9. The van der Waals surface area contributed by atoms with Gasteiger partial charge < -0.3 is 10.2 Å². The monoisotopic (exact) mass is 478 g/mol. The Bertz CT molecular complexity index is 1380. The van der Waals surface area contributed by atoms with Gasteiger partial charge in [0.15, 0.2) is 0 Å². The molecule has 0 heterocycles. The number of aryl methyl sites for hydroxylation is 2. The molecule has 0 aromatic heterocycles. The molecule has 0 atom stereocenters. The first-order valence-electron chi connectivity index (χ1n) is 11.0. The van der Waals surface area contributed by atoms with Gasteiger partial charge in [0.1, 0.15) is 11.5 Å². The quantitative estimate of drug-likeness (QED) is 0.161. The molecule has 0 fully saturated rings. The van der Waals surface area contributed by atoms with Crippen molar-refractivity contribution in [3.63, 3.8) is 0 Å². The van der Waals surface area contributed by atoms with Crippen LogP contribution >= 0.6 is 0 Å². The first-order chi connectivity index (χ1) is 17.3. The van der Waals surface area contributed by atoms with Crippen molar-refractivity contribution in [2.75, 3.05) is 0 Å². The molecule has 36 heavy (non-hydrogen) atoms. The molecule has 178 valence electrons. The lowest BCUT2D eigenvalue weighted by molar-refractivity contribution is 0.0813. The van der Waals surface area contributed by atoms with Gasteiger partial charge in [-0.1, -0.05) is 35.4 Å². The molecule has 8 heteroatoms. The summed E-state index contributed by atoms with van der Waals surface area (Å²) in [7, 11) is 0. The van der Waals surface area contributed by atoms with Gasteiger partial charge in [-0.25, -0.2) is 0 Å². The first kappa shape index (κ1) is 24.2. The summed E-state index contributed by atoms with van der Waals surface area (Å²) in [5.41, 5.74) is 3.41. The zero-order valence-corrected chi connectivity index (χ0v) is 19.6. The minimum absolute atomic E-state index is 0.258. The van der Waals surface area contributed by atoms with E-state index in [0.29, 0.717) is 11.4 Å². The van der Waals surface area contributed by atoms with Crippen LogP contribution in [0.25, 0.3) is 0 Å². The molecule has 0 spiro atoms. The maximum Gasteiger partial charge on any atom is 0.237 e. The van der Waals surface area contributed by atoms with Crippen LogP contribution in [0, 0.1) is 13.8 Å². The number of nitrogens with zero attached hydrogens (tertiary/aromatic N) is 4. The van der Waals surface area contributed by atoms with E-state index in [1.165, 1.54) is 36.4 Å². The fraction of sp³-hybridized carbons (Fsp3) is 0.0714. The minimum atomic E-state index is -1.01. The lowest BCUT2D eigenvalue weighted by atomic mass is 9.99. The molecule has 4 rings (SSSR count). The second-order valence-electron chi connectivity index (χ2n) is 8.13. The average molecular weight is 479 g/mol. The predicted octanol–water partition coefficient (Wildman–Crippen LogP) is 7.61. The summed E-state index contributed by atoms with van der Waals surface area (Å²) in [6, 6.07) is 22.7. The number of azo groups is 2. The van der Waals surface area contributed by atoms with Crippen LogP contribution in [0.3, 0.4) is 0 Å². The Balaban J connectivity index is 1.57. The fourth-order valence-corrected chi connectivity index (χ4v) is 3.23. The van der Waals surface area contributed by atoms with Crippen molar-refractivity contribution < 1.29 is 19.8 Å². The number of Topliss-reactive ketones (excluding diaryl/α,β-unsaturated/α-hetero) is 2. The van der Waals surface area contributed by atoms with Gasteiger partial charge in [0.05, 0.1) is 33.9 Å². The smallest absolute Gasteiger partial charge is 0.237 e. The third-order valence-electron chi connectivity index (χ3n) is 5.29. The molecule has 0 amide bonds. The number of aromatic hydroxyl groups is 2. The number of hydrogen-bond acceptors (Lipinski definition) is 8. The van der Waals surface area contributed by atoms with Crippen LogP contribution in [0.2, 0.25) is 0 Å². The Morgan fingerprint density at radius 1 is 0.500 bits per heavy atom. The van der Waals surface area contributed by atoms with Crippen LogP contribution in [0.4, 0.5) is 22.7 Å². The number of carbonyl (C=O) groups excluding carboxylic acids is 2. The van der Waals surface area contributed by atoms with E-state index in [2.05, 4.69) is 20.5 Å². The van der Waals surface area contributed by atoms with Gasteiger partial charge in [-0.3, -0.25) is 9.59 Å². The molecule has 4 aromatic carbocycles. The van der Waals surface area contributed by atoms with E-state index in [4.69, 9.17) is 0 Å². The van der Waals surface area contributed by atoms with Crippen LogP contribution < -0.4 is 0 Å². The van der Waals surface area contributed by atoms with Gasteiger partial charge >= 0.3 is 0 Å². The van der Waals surface area contributed by atoms with Crippen molar-refractivity contribution in [3.05, 3.63) is 107 Å². The molecule has 0 saturated carbocycles. The Labute approximate surface area is 207 Å². The lowest BCUT2D eigenvalue weighted by Crippen LogP contribution is -2.14. The van der Waals surface area contributed by atoms with E-state index >= 15 is 0 Å². The Kier molecular flexibility index (Phi) is 7.06. The number of phenols is 2. The Morgan fingerprint density at radius 3 is 1.17 bits per heavy atom. The van der Waals surface area contributed by atoms with Gasteiger partial charge in [-0.05, 0) is 74.5 Å². The van der Waals surface area contributed by atoms with Crippen molar-refractivity contribution in [1.29, 1.82) is 0 Å². The van der Waals surface area contributed by atoms with Crippen molar-refractivity contribution in [3.8, 4) is 11.5 Å². The number of benzene rings is 4. The molecule has 0 aliphatic rings. The Morgan fingerprint density at radius 2 is 0.806 bits per heavy atom. The summed E-state index contributed by atoms with van der Waals surface area (Å²) < 4.78 is 0. The average Bonchev–Trinajstić information content (AvgIpc) is 2.88. The maximum absolute atomic E-state index is 13.0. The lowest BCUT2D eigenvalue weighted by Gasteiger charge is -2.06. The standard InChI is InChI=1S/C28H22N4O4/c1-17-3-7-19(8-4-17)29-31-21-11-13-25(33)23(15-21)27(35)28(36)24-16-22(12-14-26(24)34)32-30-20-9-5-18(2)6-10-20/h3-16,33-34H,1-2H3. The van der Waals surface area contributed by atoms with E-state index in [0.717, 1.165) is 11.1 Å². The minimum Gasteiger partial charge on any atom is -0.507 e. The second kappa shape index (κ2) is 10.5. The highest BCUT2D eigenvalue weighted by Crippen LogP contribution is 2.30. The van der Waals surface area contributed by atoms with Crippen molar-refractivity contribution in [1.82, 2.24) is 0 Å². The van der Waals surface area contributed by atoms with Gasteiger partial charge in [-0.2, -0.15) is 20.5 Å². The highest BCUT2D eigenvalue weighted by molar-refractivity contribution is 6.50. The number of rotatable bonds is 7. The number of carbonyl (C=O) groups is 2. The third kappa shape index (κ3) is 5.74. The molecule has 2 N–H and O–H groups in total. The summed E-state index contributed by atoms with van der Waals surface area (Å²) >= 11 is 0. The molecular weight excluding hydrogens is 456 g/mol. The van der Waals surface area contributed by atoms with Crippen molar-refractivity contribution >= 4 is 34.3 Å². The van der Waals surface area contributed by atoms with Gasteiger partial charge in [0.25, 0.3) is 0 Å². The molecular formula is C28H22N4O4. The molecule has 8 nitrogen and oxygen atoms in total. The highest BCUT2D eigenvalue weighted by atomic mass is 16.3. The van der Waals surface area contributed by atoms with Crippen LogP contribution in [-0.2, 0) is 0 Å². The number of phenolic OH excluding ortho intramolecular Hbond substituents is 2. The number of ketones is 2. The van der Waals surface area contributed by atoms with E-state index in [1.54, 1.807) is 24.3 Å². The topological polar surface area (TPSA) is 124 Å². The van der Waals surface area contributed by atoms with Crippen molar-refractivity contribution in [2.24, 2.45) is 20.5 Å². The van der Waals surface area contributed by atoms with Crippen LogP contribution in [-0.4, -0.2) is 21.8 Å².